The Hall–Kier alpha value is -3.13. The van der Waals surface area contributed by atoms with Crippen LogP contribution in [0.4, 0.5) is 4.39 Å². The molecule has 0 amide bonds. The fraction of sp³-hybridized carbons (Fsp3) is 0.263. The van der Waals surface area contributed by atoms with Gasteiger partial charge in [0.1, 0.15) is 24.2 Å². The van der Waals surface area contributed by atoms with Gasteiger partial charge in [-0.15, -0.1) is 0 Å². The number of esters is 1. The molecule has 1 aliphatic heterocycles. The van der Waals surface area contributed by atoms with E-state index in [4.69, 9.17) is 14.9 Å². The number of methoxy groups -OCH3 is 1. The molecule has 0 fully saturated rings. The summed E-state index contributed by atoms with van der Waals surface area (Å²) in [5, 5.41) is 0. The van der Waals surface area contributed by atoms with Crippen LogP contribution in [0.1, 0.15) is 11.1 Å². The quantitative estimate of drug-likeness (QED) is 0.705. The van der Waals surface area contributed by atoms with Crippen LogP contribution in [-0.4, -0.2) is 23.7 Å². The van der Waals surface area contributed by atoms with E-state index in [-0.39, 0.29) is 13.0 Å². The minimum absolute atomic E-state index is 0.0217. The van der Waals surface area contributed by atoms with Gasteiger partial charge in [0.05, 0.1) is 12.6 Å². The minimum Gasteiger partial charge on any atom is -0.488 e. The third-order valence-electron chi connectivity index (χ3n) is 4.78. The summed E-state index contributed by atoms with van der Waals surface area (Å²) >= 11 is 0. The van der Waals surface area contributed by atoms with E-state index in [0.29, 0.717) is 33.5 Å². The van der Waals surface area contributed by atoms with Crippen molar-refractivity contribution in [1.29, 1.82) is 0 Å². The van der Waals surface area contributed by atoms with Crippen LogP contribution in [0.25, 0.3) is 22.2 Å². The van der Waals surface area contributed by atoms with Gasteiger partial charge in [-0.2, -0.15) is 0 Å². The zero-order valence-corrected chi connectivity index (χ0v) is 14.7. The van der Waals surface area contributed by atoms with Crippen molar-refractivity contribution in [3.05, 3.63) is 51.8 Å². The van der Waals surface area contributed by atoms with E-state index >= 15 is 0 Å². The second-order valence-electron chi connectivity index (χ2n) is 6.47. The fourth-order valence-corrected chi connectivity index (χ4v) is 3.31. The summed E-state index contributed by atoms with van der Waals surface area (Å²) in [4.78, 5) is 23.2. The smallest absolute Gasteiger partial charge is 0.419 e. The van der Waals surface area contributed by atoms with Gasteiger partial charge in [0, 0.05) is 25.1 Å². The highest BCUT2D eigenvalue weighted by Crippen LogP contribution is 2.40. The van der Waals surface area contributed by atoms with Gasteiger partial charge >= 0.3 is 11.7 Å². The van der Waals surface area contributed by atoms with E-state index in [9.17, 15) is 14.0 Å². The highest BCUT2D eigenvalue weighted by Gasteiger charge is 2.24. The first-order chi connectivity index (χ1) is 12.9. The number of halogens is 1. The highest BCUT2D eigenvalue weighted by molar-refractivity contribution is 5.87. The second kappa shape index (κ2) is 6.24. The lowest BCUT2D eigenvalue weighted by Crippen LogP contribution is -2.34. The van der Waals surface area contributed by atoms with E-state index in [1.165, 1.54) is 17.7 Å². The van der Waals surface area contributed by atoms with Gasteiger partial charge < -0.3 is 19.6 Å². The van der Waals surface area contributed by atoms with E-state index in [2.05, 4.69) is 4.74 Å². The molecule has 0 unspecified atom stereocenters. The molecule has 8 heteroatoms. The molecule has 0 bridgehead atoms. The molecule has 2 aromatic carbocycles. The molecule has 2 heterocycles. The van der Waals surface area contributed by atoms with E-state index in [0.717, 1.165) is 5.56 Å². The monoisotopic (exact) mass is 372 g/mol. The summed E-state index contributed by atoms with van der Waals surface area (Å²) < 4.78 is 31.6. The van der Waals surface area contributed by atoms with E-state index in [1.807, 2.05) is 0 Å². The first-order valence-corrected chi connectivity index (χ1v) is 8.30. The van der Waals surface area contributed by atoms with Crippen molar-refractivity contribution in [3.63, 3.8) is 0 Å². The molecule has 0 saturated carbocycles. The summed E-state index contributed by atoms with van der Waals surface area (Å²) in [6.07, 6.45) is 0.0217. The molecule has 0 saturated heterocycles. The molecule has 140 valence electrons. The Kier molecular flexibility index (Phi) is 4.00. The summed E-state index contributed by atoms with van der Waals surface area (Å²) in [6, 6.07) is 5.48. The molecule has 2 N–H and O–H groups in total. The summed E-state index contributed by atoms with van der Waals surface area (Å²) in [7, 11) is 2.84. The maximum atomic E-state index is 14.7. The van der Waals surface area contributed by atoms with Crippen molar-refractivity contribution in [2.45, 2.75) is 19.1 Å². The Morgan fingerprint density at radius 2 is 2.11 bits per heavy atom. The van der Waals surface area contributed by atoms with Crippen LogP contribution in [0, 0.1) is 5.82 Å². The number of aryl methyl sites for hydroxylation is 1. The normalized spacial score (nSPS) is 13.6. The third kappa shape index (κ3) is 2.78. The maximum Gasteiger partial charge on any atom is 0.419 e. The number of benzene rings is 2. The van der Waals surface area contributed by atoms with Crippen molar-refractivity contribution in [2.75, 3.05) is 7.11 Å². The highest BCUT2D eigenvalue weighted by atomic mass is 19.1. The molecule has 27 heavy (non-hydrogen) atoms. The zero-order chi connectivity index (χ0) is 19.3. The standard InChI is InChI=1S/C19H17FN2O5/c1-22-15-6-12-11-5-13(20)9(4-14(21)18(23)25-2)3-10(11)8-26-16(12)7-17(15)27-19(22)24/h3,5-7,14H,4,8,21H2,1-2H3/t14-/m0/s1. The third-order valence-corrected chi connectivity index (χ3v) is 4.78. The fourth-order valence-electron chi connectivity index (χ4n) is 3.31. The molecule has 1 aliphatic rings. The topological polar surface area (TPSA) is 96.7 Å². The Bertz CT molecular complexity index is 1130. The van der Waals surface area contributed by atoms with Gasteiger partial charge in [0.15, 0.2) is 5.58 Å². The lowest BCUT2D eigenvalue weighted by Gasteiger charge is -2.22. The SMILES string of the molecule is COC(=O)[C@@H](N)Cc1cc2c(cc1F)-c1cc3c(cc1OC2)oc(=O)n3C. The lowest BCUT2D eigenvalue weighted by atomic mass is 9.93. The van der Waals surface area contributed by atoms with Crippen molar-refractivity contribution in [3.8, 4) is 16.9 Å². The predicted molar refractivity (Wildman–Crippen MR) is 94.9 cm³/mol. The lowest BCUT2D eigenvalue weighted by molar-refractivity contribution is -0.142. The number of carbonyl (C=O) groups is 1. The minimum atomic E-state index is -0.945. The average molecular weight is 372 g/mol. The van der Waals surface area contributed by atoms with Crippen molar-refractivity contribution in [1.82, 2.24) is 4.57 Å². The number of aromatic nitrogens is 1. The van der Waals surface area contributed by atoms with Gasteiger partial charge in [0.25, 0.3) is 0 Å². The molecule has 0 spiro atoms. The first-order valence-electron chi connectivity index (χ1n) is 8.30. The van der Waals surface area contributed by atoms with Gasteiger partial charge in [-0.1, -0.05) is 0 Å². The number of fused-ring (bicyclic) bond motifs is 4. The Balaban J connectivity index is 1.80. The van der Waals surface area contributed by atoms with Gasteiger partial charge in [0.2, 0.25) is 0 Å². The molecule has 0 aliphatic carbocycles. The largest absolute Gasteiger partial charge is 0.488 e. The predicted octanol–water partition coefficient (Wildman–Crippen LogP) is 1.87. The van der Waals surface area contributed by atoms with Crippen molar-refractivity contribution < 1.29 is 23.1 Å². The Labute approximate surface area is 153 Å². The molecular weight excluding hydrogens is 355 g/mol. The van der Waals surface area contributed by atoms with Crippen LogP contribution < -0.4 is 16.2 Å². The molecule has 4 rings (SSSR count). The molecule has 1 aromatic heterocycles. The average Bonchev–Trinajstić information content (AvgIpc) is 2.93. The first kappa shape index (κ1) is 17.3. The zero-order valence-electron chi connectivity index (χ0n) is 14.7. The number of oxazole rings is 1. The number of carbonyl (C=O) groups excluding carboxylic acids is 1. The number of nitrogens with two attached hydrogens (primary N) is 1. The number of nitrogens with zero attached hydrogens (tertiary/aromatic N) is 1. The molecule has 1 atom stereocenters. The van der Waals surface area contributed by atoms with Crippen LogP contribution in [0.2, 0.25) is 0 Å². The maximum absolute atomic E-state index is 14.7. The van der Waals surface area contributed by atoms with Crippen molar-refractivity contribution >= 4 is 17.1 Å². The van der Waals surface area contributed by atoms with Crippen LogP contribution in [-0.2, 0) is 29.6 Å². The summed E-state index contributed by atoms with van der Waals surface area (Å²) in [5.74, 6) is -1.03. The number of hydrogen-bond donors (Lipinski definition) is 1. The van der Waals surface area contributed by atoms with Crippen LogP contribution in [0.15, 0.2) is 33.5 Å². The van der Waals surface area contributed by atoms with Gasteiger partial charge in [-0.05, 0) is 34.9 Å². The summed E-state index contributed by atoms with van der Waals surface area (Å²) in [6.45, 7) is 0.228. The number of ether oxygens (including phenoxy) is 2. The van der Waals surface area contributed by atoms with Crippen LogP contribution in [0.3, 0.4) is 0 Å². The molecule has 0 radical (unpaired) electrons. The molecule has 3 aromatic rings. The number of rotatable bonds is 3. The van der Waals surface area contributed by atoms with Crippen LogP contribution >= 0.6 is 0 Å². The van der Waals surface area contributed by atoms with Gasteiger partial charge in [-0.3, -0.25) is 9.36 Å². The summed E-state index contributed by atoms with van der Waals surface area (Å²) in [5.41, 5.74) is 9.16. The molecule has 7 nitrogen and oxygen atoms in total. The van der Waals surface area contributed by atoms with Crippen LogP contribution in [0.5, 0.6) is 5.75 Å². The molecular formula is C19H17FN2O5. The number of hydrogen-bond acceptors (Lipinski definition) is 6. The van der Waals surface area contributed by atoms with Gasteiger partial charge in [-0.25, -0.2) is 9.18 Å². The Morgan fingerprint density at radius 1 is 1.33 bits per heavy atom. The van der Waals surface area contributed by atoms with Crippen molar-refractivity contribution in [2.24, 2.45) is 12.8 Å². The second-order valence-corrected chi connectivity index (χ2v) is 6.47. The van der Waals surface area contributed by atoms with E-state index < -0.39 is 23.6 Å². The Morgan fingerprint density at radius 3 is 2.85 bits per heavy atom. The van der Waals surface area contributed by atoms with E-state index in [1.54, 1.807) is 25.2 Å².